The van der Waals surface area contributed by atoms with E-state index in [-0.39, 0.29) is 11.6 Å². The average Bonchev–Trinajstić information content (AvgIpc) is 2.84. The molecule has 0 bridgehead atoms. The second kappa shape index (κ2) is 4.25. The molecule has 0 radical (unpaired) electrons. The van der Waals surface area contributed by atoms with E-state index in [1.807, 2.05) is 12.1 Å². The minimum absolute atomic E-state index is 0.240. The lowest BCUT2D eigenvalue weighted by Crippen LogP contribution is -2.13. The van der Waals surface area contributed by atoms with Gasteiger partial charge in [-0.15, -0.1) is 0 Å². The predicted molar refractivity (Wildman–Crippen MR) is 64.0 cm³/mol. The van der Waals surface area contributed by atoms with Gasteiger partial charge in [0.1, 0.15) is 12.1 Å². The van der Waals surface area contributed by atoms with Gasteiger partial charge in [-0.1, -0.05) is 17.3 Å². The van der Waals surface area contributed by atoms with Gasteiger partial charge in [-0.25, -0.2) is 9.97 Å². The molecule has 18 heavy (non-hydrogen) atoms. The molecule has 0 fully saturated rings. The van der Waals surface area contributed by atoms with Gasteiger partial charge in [0.15, 0.2) is 11.3 Å². The zero-order valence-corrected chi connectivity index (χ0v) is 9.20. The highest BCUT2D eigenvalue weighted by Gasteiger charge is 2.15. The van der Waals surface area contributed by atoms with Gasteiger partial charge >= 0.3 is 0 Å². The van der Waals surface area contributed by atoms with Gasteiger partial charge in [-0.3, -0.25) is 4.79 Å². The molecule has 0 saturated heterocycles. The number of hydrogen-bond acceptors (Lipinski definition) is 5. The lowest BCUT2D eigenvalue weighted by Gasteiger charge is -2.00. The SMILES string of the molecule is O=C(Nc1ccncn1)c1noc2ccccc12. The van der Waals surface area contributed by atoms with Crippen LogP contribution in [0.2, 0.25) is 0 Å². The molecule has 6 nitrogen and oxygen atoms in total. The quantitative estimate of drug-likeness (QED) is 0.739. The maximum absolute atomic E-state index is 12.0. The Hall–Kier alpha value is -2.76. The Morgan fingerprint density at radius 3 is 2.94 bits per heavy atom. The van der Waals surface area contributed by atoms with Crippen LogP contribution in [0.3, 0.4) is 0 Å². The van der Waals surface area contributed by atoms with Crippen LogP contribution in [-0.2, 0) is 0 Å². The number of aromatic nitrogens is 3. The van der Waals surface area contributed by atoms with Gasteiger partial charge < -0.3 is 9.84 Å². The lowest BCUT2D eigenvalue weighted by atomic mass is 10.2. The van der Waals surface area contributed by atoms with Crippen molar-refractivity contribution in [3.8, 4) is 0 Å². The molecule has 2 aromatic heterocycles. The summed E-state index contributed by atoms with van der Waals surface area (Å²) in [5.41, 5.74) is 0.814. The first kappa shape index (κ1) is 10.4. The van der Waals surface area contributed by atoms with Crippen molar-refractivity contribution in [3.05, 3.63) is 48.5 Å². The largest absolute Gasteiger partial charge is 0.355 e. The van der Waals surface area contributed by atoms with E-state index in [9.17, 15) is 4.79 Å². The van der Waals surface area contributed by atoms with E-state index in [0.717, 1.165) is 0 Å². The summed E-state index contributed by atoms with van der Waals surface area (Å²) in [6, 6.07) is 8.77. The Morgan fingerprint density at radius 1 is 1.22 bits per heavy atom. The number of hydrogen-bond donors (Lipinski definition) is 1. The number of amides is 1. The molecule has 3 rings (SSSR count). The fraction of sp³-hybridized carbons (Fsp3) is 0. The molecule has 0 atom stereocenters. The molecular formula is C12H8N4O2. The van der Waals surface area contributed by atoms with Crippen LogP contribution in [-0.4, -0.2) is 21.0 Å². The predicted octanol–water partition coefficient (Wildman–Crippen LogP) is 1.87. The molecule has 2 heterocycles. The minimum Gasteiger partial charge on any atom is -0.355 e. The fourth-order valence-electron chi connectivity index (χ4n) is 1.59. The highest BCUT2D eigenvalue weighted by Crippen LogP contribution is 2.18. The Labute approximate surface area is 102 Å². The van der Waals surface area contributed by atoms with Crippen LogP contribution in [0, 0.1) is 0 Å². The van der Waals surface area contributed by atoms with Crippen LogP contribution in [0.4, 0.5) is 5.82 Å². The molecule has 0 spiro atoms. The number of anilines is 1. The maximum atomic E-state index is 12.0. The topological polar surface area (TPSA) is 80.9 Å². The molecule has 0 saturated carbocycles. The van der Waals surface area contributed by atoms with Gasteiger partial charge in [-0.05, 0) is 18.2 Å². The van der Waals surface area contributed by atoms with Crippen molar-refractivity contribution in [3.63, 3.8) is 0 Å². The van der Waals surface area contributed by atoms with E-state index in [1.165, 1.54) is 6.33 Å². The van der Waals surface area contributed by atoms with E-state index >= 15 is 0 Å². The van der Waals surface area contributed by atoms with Crippen molar-refractivity contribution in [2.45, 2.75) is 0 Å². The summed E-state index contributed by atoms with van der Waals surface area (Å²) in [5, 5.41) is 7.06. The first-order valence-electron chi connectivity index (χ1n) is 5.26. The molecule has 0 unspecified atom stereocenters. The zero-order chi connectivity index (χ0) is 12.4. The zero-order valence-electron chi connectivity index (χ0n) is 9.20. The van der Waals surface area contributed by atoms with Gasteiger partial charge in [0.05, 0.1) is 5.39 Å². The molecule has 0 aliphatic carbocycles. The summed E-state index contributed by atoms with van der Waals surface area (Å²) in [4.78, 5) is 19.7. The van der Waals surface area contributed by atoms with Crippen LogP contribution < -0.4 is 5.32 Å². The van der Waals surface area contributed by atoms with Gasteiger partial charge in [0.25, 0.3) is 5.91 Å². The number of carbonyl (C=O) groups is 1. The molecule has 1 N–H and O–H groups in total. The van der Waals surface area contributed by atoms with Crippen molar-refractivity contribution in [1.82, 2.24) is 15.1 Å². The summed E-state index contributed by atoms with van der Waals surface area (Å²) in [6.45, 7) is 0. The number of nitrogens with zero attached hydrogens (tertiary/aromatic N) is 3. The average molecular weight is 240 g/mol. The first-order valence-corrected chi connectivity index (χ1v) is 5.26. The first-order chi connectivity index (χ1) is 8.84. The third-order valence-corrected chi connectivity index (χ3v) is 2.42. The minimum atomic E-state index is -0.362. The monoisotopic (exact) mass is 240 g/mol. The second-order valence-electron chi connectivity index (χ2n) is 3.58. The molecule has 88 valence electrons. The maximum Gasteiger partial charge on any atom is 0.279 e. The van der Waals surface area contributed by atoms with Crippen molar-refractivity contribution in [1.29, 1.82) is 0 Å². The Kier molecular flexibility index (Phi) is 2.45. The lowest BCUT2D eigenvalue weighted by molar-refractivity contribution is 0.101. The van der Waals surface area contributed by atoms with Crippen molar-refractivity contribution >= 4 is 22.7 Å². The van der Waals surface area contributed by atoms with Gasteiger partial charge in [-0.2, -0.15) is 0 Å². The fourth-order valence-corrected chi connectivity index (χ4v) is 1.59. The van der Waals surface area contributed by atoms with E-state index in [2.05, 4.69) is 20.4 Å². The number of benzene rings is 1. The van der Waals surface area contributed by atoms with E-state index in [4.69, 9.17) is 4.52 Å². The molecule has 3 aromatic rings. The third kappa shape index (κ3) is 1.80. The number of fused-ring (bicyclic) bond motifs is 1. The molecule has 1 amide bonds. The van der Waals surface area contributed by atoms with Crippen LogP contribution in [0.5, 0.6) is 0 Å². The van der Waals surface area contributed by atoms with Crippen LogP contribution in [0.25, 0.3) is 11.0 Å². The molecule has 0 aliphatic rings. The molecule has 0 aliphatic heterocycles. The summed E-state index contributed by atoms with van der Waals surface area (Å²) in [5.74, 6) is 0.0562. The Bertz CT molecular complexity index is 693. The standard InChI is InChI=1S/C12H8N4O2/c17-12(15-10-5-6-13-7-14-10)11-8-3-1-2-4-9(8)18-16-11/h1-7H,(H,13,14,15,17). The second-order valence-corrected chi connectivity index (χ2v) is 3.58. The summed E-state index contributed by atoms with van der Waals surface area (Å²) in [7, 11) is 0. The van der Waals surface area contributed by atoms with Crippen molar-refractivity contribution < 1.29 is 9.32 Å². The smallest absolute Gasteiger partial charge is 0.279 e. The van der Waals surface area contributed by atoms with Crippen LogP contribution >= 0.6 is 0 Å². The van der Waals surface area contributed by atoms with E-state index < -0.39 is 0 Å². The summed E-state index contributed by atoms with van der Waals surface area (Å²) >= 11 is 0. The number of carbonyl (C=O) groups excluding carboxylic acids is 1. The normalized spacial score (nSPS) is 10.4. The van der Waals surface area contributed by atoms with Crippen LogP contribution in [0.1, 0.15) is 10.5 Å². The van der Waals surface area contributed by atoms with Gasteiger partial charge in [0, 0.05) is 6.20 Å². The Morgan fingerprint density at radius 2 is 2.11 bits per heavy atom. The number of nitrogens with one attached hydrogen (secondary N) is 1. The Balaban J connectivity index is 1.93. The summed E-state index contributed by atoms with van der Waals surface area (Å²) < 4.78 is 5.06. The molecule has 1 aromatic carbocycles. The van der Waals surface area contributed by atoms with Crippen molar-refractivity contribution in [2.75, 3.05) is 5.32 Å². The van der Waals surface area contributed by atoms with Gasteiger partial charge in [0.2, 0.25) is 0 Å². The van der Waals surface area contributed by atoms with E-state index in [1.54, 1.807) is 24.4 Å². The molecular weight excluding hydrogens is 232 g/mol. The van der Waals surface area contributed by atoms with E-state index in [0.29, 0.717) is 16.8 Å². The number of rotatable bonds is 2. The highest BCUT2D eigenvalue weighted by molar-refractivity contribution is 6.10. The highest BCUT2D eigenvalue weighted by atomic mass is 16.5. The summed E-state index contributed by atoms with van der Waals surface area (Å²) in [6.07, 6.45) is 2.90. The third-order valence-electron chi connectivity index (χ3n) is 2.42. The van der Waals surface area contributed by atoms with Crippen LogP contribution in [0.15, 0.2) is 47.4 Å². The van der Waals surface area contributed by atoms with Crippen molar-refractivity contribution in [2.24, 2.45) is 0 Å². The molecule has 6 heteroatoms. The number of para-hydroxylation sites is 1.